The Balaban J connectivity index is 3.21. The second kappa shape index (κ2) is 10.0. The van der Waals surface area contributed by atoms with Crippen molar-refractivity contribution in [2.24, 2.45) is 5.92 Å². The van der Waals surface area contributed by atoms with Crippen LogP contribution in [-0.2, 0) is 11.2 Å². The molecule has 0 unspecified atom stereocenters. The van der Waals surface area contributed by atoms with Crippen molar-refractivity contribution in [1.82, 2.24) is 0 Å². The van der Waals surface area contributed by atoms with Gasteiger partial charge in [-0.15, -0.1) is 0 Å². The van der Waals surface area contributed by atoms with Crippen LogP contribution in [0.5, 0.6) is 0 Å². The number of aromatic carboxylic acids is 1. The van der Waals surface area contributed by atoms with Gasteiger partial charge < -0.3 is 9.84 Å². The summed E-state index contributed by atoms with van der Waals surface area (Å²) in [5, 5.41) is 9.96. The SMILES string of the molecule is CCCCOC(=O)c1cc(Br)c(Cl)c(CCCC(C)C)c1C(=O)O. The highest BCUT2D eigenvalue weighted by Gasteiger charge is 2.25. The highest BCUT2D eigenvalue weighted by Crippen LogP contribution is 2.33. The first-order valence-electron chi connectivity index (χ1n) is 8.20. The molecular weight excluding hydrogens is 396 g/mol. The van der Waals surface area contributed by atoms with Crippen LogP contribution in [0.3, 0.4) is 0 Å². The average Bonchev–Trinajstić information content (AvgIpc) is 2.50. The predicted octanol–water partition coefficient (Wildman–Crippen LogP) is 5.74. The Hall–Kier alpha value is -1.07. The number of carboxylic acids is 1. The number of halogens is 2. The maximum Gasteiger partial charge on any atom is 0.339 e. The second-order valence-electron chi connectivity index (χ2n) is 6.15. The highest BCUT2D eigenvalue weighted by atomic mass is 79.9. The molecule has 1 rings (SSSR count). The summed E-state index contributed by atoms with van der Waals surface area (Å²) in [4.78, 5) is 24.0. The van der Waals surface area contributed by atoms with Crippen LogP contribution in [0, 0.1) is 5.92 Å². The minimum atomic E-state index is -1.16. The predicted molar refractivity (Wildman–Crippen MR) is 99.1 cm³/mol. The minimum Gasteiger partial charge on any atom is -0.478 e. The fourth-order valence-electron chi connectivity index (χ4n) is 2.39. The maximum atomic E-state index is 12.3. The van der Waals surface area contributed by atoms with Crippen LogP contribution in [-0.4, -0.2) is 23.7 Å². The van der Waals surface area contributed by atoms with E-state index in [0.29, 0.717) is 27.4 Å². The molecule has 1 N–H and O–H groups in total. The van der Waals surface area contributed by atoms with E-state index in [0.717, 1.165) is 25.7 Å². The molecule has 0 aromatic heterocycles. The molecule has 0 fully saturated rings. The summed E-state index contributed by atoms with van der Waals surface area (Å²) in [6.45, 7) is 6.48. The summed E-state index contributed by atoms with van der Waals surface area (Å²) in [5.74, 6) is -1.27. The Morgan fingerprint density at radius 3 is 2.54 bits per heavy atom. The van der Waals surface area contributed by atoms with Crippen molar-refractivity contribution in [3.05, 3.63) is 32.3 Å². The first-order valence-corrected chi connectivity index (χ1v) is 9.37. The van der Waals surface area contributed by atoms with E-state index in [4.69, 9.17) is 16.3 Å². The first kappa shape index (κ1) is 21.0. The van der Waals surface area contributed by atoms with Gasteiger partial charge in [0.2, 0.25) is 0 Å². The normalized spacial score (nSPS) is 10.9. The van der Waals surface area contributed by atoms with Gasteiger partial charge in [-0.2, -0.15) is 0 Å². The van der Waals surface area contributed by atoms with Crippen LogP contribution >= 0.6 is 27.5 Å². The van der Waals surface area contributed by atoms with Gasteiger partial charge in [0.1, 0.15) is 0 Å². The molecule has 0 atom stereocenters. The smallest absolute Gasteiger partial charge is 0.339 e. The molecule has 0 saturated carbocycles. The number of carboxylic acid groups (broad SMARTS) is 1. The monoisotopic (exact) mass is 418 g/mol. The largest absolute Gasteiger partial charge is 0.478 e. The Kier molecular flexibility index (Phi) is 8.78. The lowest BCUT2D eigenvalue weighted by Gasteiger charge is -2.15. The second-order valence-corrected chi connectivity index (χ2v) is 7.39. The average molecular weight is 420 g/mol. The van der Waals surface area contributed by atoms with E-state index < -0.39 is 11.9 Å². The standard InChI is InChI=1S/C18H24BrClO4/c1-4-5-9-24-18(23)13-10-14(19)16(20)12(15(13)17(21)22)8-6-7-11(2)3/h10-11H,4-9H2,1-3H3,(H,21,22). The third-order valence-corrected chi connectivity index (χ3v) is 4.98. The fraction of sp³-hybridized carbons (Fsp3) is 0.556. The summed E-state index contributed by atoms with van der Waals surface area (Å²) >= 11 is 9.62. The number of rotatable bonds is 9. The van der Waals surface area contributed by atoms with Gasteiger partial charge in [0.15, 0.2) is 0 Å². The van der Waals surface area contributed by atoms with Gasteiger partial charge in [-0.25, -0.2) is 9.59 Å². The van der Waals surface area contributed by atoms with E-state index in [1.807, 2.05) is 6.92 Å². The molecule has 1 aromatic carbocycles. The van der Waals surface area contributed by atoms with Crippen molar-refractivity contribution < 1.29 is 19.4 Å². The lowest BCUT2D eigenvalue weighted by molar-refractivity contribution is 0.0489. The molecule has 1 aromatic rings. The van der Waals surface area contributed by atoms with E-state index in [1.165, 1.54) is 6.07 Å². The van der Waals surface area contributed by atoms with Gasteiger partial charge in [-0.05, 0) is 52.7 Å². The van der Waals surface area contributed by atoms with E-state index in [-0.39, 0.29) is 17.7 Å². The number of benzene rings is 1. The Labute approximate surface area is 156 Å². The van der Waals surface area contributed by atoms with Crippen LogP contribution in [0.4, 0.5) is 0 Å². The van der Waals surface area contributed by atoms with E-state index in [2.05, 4.69) is 29.8 Å². The van der Waals surface area contributed by atoms with Crippen LogP contribution < -0.4 is 0 Å². The summed E-state index contributed by atoms with van der Waals surface area (Å²) < 4.78 is 5.70. The quantitative estimate of drug-likeness (QED) is 0.410. The summed E-state index contributed by atoms with van der Waals surface area (Å²) in [6.07, 6.45) is 3.90. The molecule has 0 spiro atoms. The molecular formula is C18H24BrClO4. The molecule has 134 valence electrons. The zero-order chi connectivity index (χ0) is 18.3. The van der Waals surface area contributed by atoms with Gasteiger partial charge in [0.25, 0.3) is 0 Å². The van der Waals surface area contributed by atoms with Gasteiger partial charge >= 0.3 is 11.9 Å². The van der Waals surface area contributed by atoms with Gasteiger partial charge in [-0.3, -0.25) is 0 Å². The minimum absolute atomic E-state index is 0.0477. The lowest BCUT2D eigenvalue weighted by Crippen LogP contribution is -2.16. The van der Waals surface area contributed by atoms with Crippen molar-refractivity contribution in [3.8, 4) is 0 Å². The molecule has 0 aliphatic heterocycles. The molecule has 0 heterocycles. The highest BCUT2D eigenvalue weighted by molar-refractivity contribution is 9.10. The molecule has 0 amide bonds. The number of hydrogen-bond acceptors (Lipinski definition) is 3. The van der Waals surface area contributed by atoms with Crippen LogP contribution in [0.15, 0.2) is 10.5 Å². The Bertz CT molecular complexity index is 599. The third-order valence-electron chi connectivity index (χ3n) is 3.69. The number of unbranched alkanes of at least 4 members (excludes halogenated alkanes) is 1. The zero-order valence-corrected chi connectivity index (χ0v) is 16.7. The van der Waals surface area contributed by atoms with Crippen molar-refractivity contribution in [2.75, 3.05) is 6.61 Å². The molecule has 24 heavy (non-hydrogen) atoms. The number of carbonyl (C=O) groups excluding carboxylic acids is 1. The number of ether oxygens (including phenoxy) is 1. The summed E-state index contributed by atoms with van der Waals surface area (Å²) in [6, 6.07) is 1.44. The topological polar surface area (TPSA) is 63.6 Å². The number of esters is 1. The van der Waals surface area contributed by atoms with Gasteiger partial charge in [0.05, 0.1) is 22.8 Å². The molecule has 0 bridgehead atoms. The van der Waals surface area contributed by atoms with E-state index in [9.17, 15) is 14.7 Å². The Morgan fingerprint density at radius 2 is 2.00 bits per heavy atom. The van der Waals surface area contributed by atoms with Crippen LogP contribution in [0.2, 0.25) is 5.02 Å². The lowest BCUT2D eigenvalue weighted by atomic mass is 9.95. The van der Waals surface area contributed by atoms with Gasteiger partial charge in [-0.1, -0.05) is 45.2 Å². The number of carbonyl (C=O) groups is 2. The Morgan fingerprint density at radius 1 is 1.33 bits per heavy atom. The van der Waals surface area contributed by atoms with Crippen molar-refractivity contribution in [2.45, 2.75) is 52.9 Å². The molecule has 4 nitrogen and oxygen atoms in total. The van der Waals surface area contributed by atoms with E-state index >= 15 is 0 Å². The zero-order valence-electron chi connectivity index (χ0n) is 14.3. The van der Waals surface area contributed by atoms with Crippen molar-refractivity contribution >= 4 is 39.5 Å². The third kappa shape index (κ3) is 5.78. The molecule has 0 aliphatic rings. The first-order chi connectivity index (χ1) is 11.3. The maximum absolute atomic E-state index is 12.3. The van der Waals surface area contributed by atoms with Gasteiger partial charge in [0, 0.05) is 4.47 Å². The van der Waals surface area contributed by atoms with Crippen LogP contribution in [0.25, 0.3) is 0 Å². The van der Waals surface area contributed by atoms with Crippen molar-refractivity contribution in [3.63, 3.8) is 0 Å². The fourth-order valence-corrected chi connectivity index (χ4v) is 3.10. The van der Waals surface area contributed by atoms with Crippen molar-refractivity contribution in [1.29, 1.82) is 0 Å². The molecule has 0 aliphatic carbocycles. The molecule has 6 heteroatoms. The number of hydrogen-bond donors (Lipinski definition) is 1. The molecule has 0 saturated heterocycles. The summed E-state index contributed by atoms with van der Waals surface area (Å²) in [5.41, 5.74) is 0.490. The summed E-state index contributed by atoms with van der Waals surface area (Å²) in [7, 11) is 0. The molecule has 0 radical (unpaired) electrons. The van der Waals surface area contributed by atoms with Crippen LogP contribution in [0.1, 0.15) is 72.7 Å². The van der Waals surface area contributed by atoms with E-state index in [1.54, 1.807) is 0 Å².